The van der Waals surface area contributed by atoms with E-state index in [1.165, 1.54) is 0 Å². The Morgan fingerprint density at radius 3 is 1.42 bits per heavy atom. The molecule has 0 amide bonds. The Kier molecular flexibility index (Phi) is 4.22. The van der Waals surface area contributed by atoms with Crippen LogP contribution in [0.2, 0.25) is 0 Å². The fourth-order valence-electron chi connectivity index (χ4n) is 1.12. The smallest absolute Gasteiger partial charge is 0.0898 e. The van der Waals surface area contributed by atoms with Gasteiger partial charge in [-0.3, -0.25) is 0 Å². The zero-order valence-electron chi connectivity index (χ0n) is 7.91. The molecule has 70 valence electrons. The highest BCUT2D eigenvalue weighted by atomic mass is 15.4. The van der Waals surface area contributed by atoms with Gasteiger partial charge < -0.3 is 9.80 Å². The standard InChI is InChI=1S/C9H18N2.BH3/c1-8(2)10-5-6-11(7-10)9(3)4;/h5-6,8-9H,7H2,1-4H3;1H3. The van der Waals surface area contributed by atoms with Gasteiger partial charge in [0.05, 0.1) is 15.1 Å². The molecule has 1 aliphatic heterocycles. The third-order valence-electron chi connectivity index (χ3n) is 2.10. The third kappa shape index (κ3) is 2.47. The van der Waals surface area contributed by atoms with Gasteiger partial charge in [-0.05, 0) is 27.7 Å². The molecule has 0 atom stereocenters. The van der Waals surface area contributed by atoms with Crippen LogP contribution in [0.15, 0.2) is 12.4 Å². The monoisotopic (exact) mass is 168 g/mol. The summed E-state index contributed by atoms with van der Waals surface area (Å²) in [6.07, 6.45) is 4.34. The molecule has 0 spiro atoms. The lowest BCUT2D eigenvalue weighted by molar-refractivity contribution is 0.204. The number of hydrogen-bond donors (Lipinski definition) is 0. The lowest BCUT2D eigenvalue weighted by Gasteiger charge is -2.26. The summed E-state index contributed by atoms with van der Waals surface area (Å²) in [4.78, 5) is 4.67. The van der Waals surface area contributed by atoms with E-state index in [0.29, 0.717) is 12.1 Å². The molecule has 0 aromatic carbocycles. The summed E-state index contributed by atoms with van der Waals surface area (Å²) in [6.45, 7) is 9.92. The third-order valence-corrected chi connectivity index (χ3v) is 2.10. The molecule has 0 saturated heterocycles. The summed E-state index contributed by atoms with van der Waals surface area (Å²) in [7, 11) is 0. The van der Waals surface area contributed by atoms with Crippen LogP contribution in [0.25, 0.3) is 0 Å². The van der Waals surface area contributed by atoms with E-state index in [0.717, 1.165) is 6.67 Å². The summed E-state index contributed by atoms with van der Waals surface area (Å²) >= 11 is 0. The molecular formula is C9H21BN2. The van der Waals surface area contributed by atoms with Crippen molar-refractivity contribution in [1.82, 2.24) is 9.80 Å². The molecule has 12 heavy (non-hydrogen) atoms. The largest absolute Gasteiger partial charge is 0.356 e. The lowest BCUT2D eigenvalue weighted by Crippen LogP contribution is -2.33. The highest BCUT2D eigenvalue weighted by Crippen LogP contribution is 2.12. The van der Waals surface area contributed by atoms with Crippen LogP contribution in [-0.4, -0.2) is 37.0 Å². The predicted octanol–water partition coefficient (Wildman–Crippen LogP) is 0.666. The van der Waals surface area contributed by atoms with E-state index in [4.69, 9.17) is 0 Å². The van der Waals surface area contributed by atoms with E-state index in [1.807, 2.05) is 0 Å². The van der Waals surface area contributed by atoms with Crippen molar-refractivity contribution in [2.45, 2.75) is 39.8 Å². The van der Waals surface area contributed by atoms with E-state index in [9.17, 15) is 0 Å². The number of hydrogen-bond acceptors (Lipinski definition) is 2. The summed E-state index contributed by atoms with van der Waals surface area (Å²) in [5.41, 5.74) is 0. The topological polar surface area (TPSA) is 6.48 Å². The van der Waals surface area contributed by atoms with Crippen LogP contribution in [0.1, 0.15) is 27.7 Å². The average Bonchev–Trinajstić information content (AvgIpc) is 2.33. The van der Waals surface area contributed by atoms with Crippen molar-refractivity contribution in [3.8, 4) is 0 Å². The van der Waals surface area contributed by atoms with Crippen LogP contribution in [-0.2, 0) is 0 Å². The van der Waals surface area contributed by atoms with Crippen LogP contribution in [0.5, 0.6) is 0 Å². The molecule has 1 heterocycles. The molecule has 0 N–H and O–H groups in total. The van der Waals surface area contributed by atoms with Crippen molar-refractivity contribution in [2.24, 2.45) is 0 Å². The average molecular weight is 168 g/mol. The number of nitrogens with zero attached hydrogens (tertiary/aromatic N) is 2. The Morgan fingerprint density at radius 1 is 0.917 bits per heavy atom. The van der Waals surface area contributed by atoms with Gasteiger partial charge in [0.25, 0.3) is 0 Å². The normalized spacial score (nSPS) is 16.2. The van der Waals surface area contributed by atoms with Crippen LogP contribution < -0.4 is 0 Å². The van der Waals surface area contributed by atoms with E-state index in [1.54, 1.807) is 0 Å². The van der Waals surface area contributed by atoms with Gasteiger partial charge in [-0.2, -0.15) is 0 Å². The molecule has 1 aliphatic rings. The van der Waals surface area contributed by atoms with Gasteiger partial charge in [0.2, 0.25) is 0 Å². The minimum Gasteiger partial charge on any atom is -0.356 e. The SMILES string of the molecule is B.CC(C)N1C=CN(C(C)C)C1. The van der Waals surface area contributed by atoms with Crippen LogP contribution in [0.4, 0.5) is 0 Å². The molecule has 3 heteroatoms. The lowest BCUT2D eigenvalue weighted by atomic mass is 10.3. The van der Waals surface area contributed by atoms with E-state index in [2.05, 4.69) is 49.9 Å². The first kappa shape index (κ1) is 11.4. The van der Waals surface area contributed by atoms with Crippen LogP contribution >= 0.6 is 0 Å². The van der Waals surface area contributed by atoms with Gasteiger partial charge >= 0.3 is 0 Å². The van der Waals surface area contributed by atoms with Gasteiger partial charge in [-0.15, -0.1) is 0 Å². The van der Waals surface area contributed by atoms with Crippen molar-refractivity contribution in [2.75, 3.05) is 6.67 Å². The minimum atomic E-state index is 0. The van der Waals surface area contributed by atoms with E-state index in [-0.39, 0.29) is 8.41 Å². The van der Waals surface area contributed by atoms with Gasteiger partial charge in [0.15, 0.2) is 0 Å². The first-order valence-corrected chi connectivity index (χ1v) is 4.31. The zero-order valence-corrected chi connectivity index (χ0v) is 7.91. The second-order valence-electron chi connectivity index (χ2n) is 3.66. The molecule has 0 fully saturated rings. The fraction of sp³-hybridized carbons (Fsp3) is 0.778. The van der Waals surface area contributed by atoms with Gasteiger partial charge in [-0.1, -0.05) is 0 Å². The Labute approximate surface area is 77.8 Å². The number of rotatable bonds is 2. The molecule has 0 unspecified atom stereocenters. The molecular weight excluding hydrogens is 147 g/mol. The molecule has 0 saturated carbocycles. The van der Waals surface area contributed by atoms with Crippen molar-refractivity contribution >= 4 is 8.41 Å². The van der Waals surface area contributed by atoms with Crippen LogP contribution in [0.3, 0.4) is 0 Å². The highest BCUT2D eigenvalue weighted by molar-refractivity contribution is 5.75. The molecule has 1 rings (SSSR count). The maximum Gasteiger partial charge on any atom is 0.0898 e. The maximum absolute atomic E-state index is 2.33. The van der Waals surface area contributed by atoms with E-state index >= 15 is 0 Å². The first-order valence-electron chi connectivity index (χ1n) is 4.31. The molecule has 0 aliphatic carbocycles. The van der Waals surface area contributed by atoms with Gasteiger partial charge in [0.1, 0.15) is 0 Å². The summed E-state index contributed by atoms with van der Waals surface area (Å²) in [5, 5.41) is 0. The maximum atomic E-state index is 2.33. The molecule has 0 aromatic heterocycles. The zero-order chi connectivity index (χ0) is 8.43. The second-order valence-corrected chi connectivity index (χ2v) is 3.66. The highest BCUT2D eigenvalue weighted by Gasteiger charge is 2.15. The van der Waals surface area contributed by atoms with Crippen molar-refractivity contribution in [1.29, 1.82) is 0 Å². The van der Waals surface area contributed by atoms with Crippen molar-refractivity contribution in [3.63, 3.8) is 0 Å². The minimum absolute atomic E-state index is 0. The Hall–Kier alpha value is -0.595. The Bertz CT molecular complexity index is 139. The first-order chi connectivity index (χ1) is 5.11. The van der Waals surface area contributed by atoms with Crippen LogP contribution in [0, 0.1) is 0 Å². The summed E-state index contributed by atoms with van der Waals surface area (Å²) < 4.78 is 0. The summed E-state index contributed by atoms with van der Waals surface area (Å²) in [5.74, 6) is 0. The molecule has 0 aromatic rings. The van der Waals surface area contributed by atoms with Crippen molar-refractivity contribution < 1.29 is 0 Å². The van der Waals surface area contributed by atoms with Gasteiger partial charge in [-0.25, -0.2) is 0 Å². The fourth-order valence-corrected chi connectivity index (χ4v) is 1.12. The van der Waals surface area contributed by atoms with Crippen molar-refractivity contribution in [3.05, 3.63) is 12.4 Å². The second kappa shape index (κ2) is 4.44. The molecule has 2 nitrogen and oxygen atoms in total. The quantitative estimate of drug-likeness (QED) is 0.559. The van der Waals surface area contributed by atoms with E-state index < -0.39 is 0 Å². The summed E-state index contributed by atoms with van der Waals surface area (Å²) in [6, 6.07) is 1.24. The Balaban J connectivity index is 0.00000121. The molecule has 0 bridgehead atoms. The Morgan fingerprint density at radius 2 is 1.25 bits per heavy atom. The van der Waals surface area contributed by atoms with Gasteiger partial charge in [0, 0.05) is 24.5 Å². The molecule has 0 radical (unpaired) electrons. The predicted molar refractivity (Wildman–Crippen MR) is 57.9 cm³/mol.